The summed E-state index contributed by atoms with van der Waals surface area (Å²) in [6.45, 7) is 12.7. The number of ether oxygens (including phenoxy) is 2. The number of hydrogen-bond donors (Lipinski definition) is 1. The molecule has 162 valence electrons. The van der Waals surface area contributed by atoms with Crippen molar-refractivity contribution in [1.82, 2.24) is 15.2 Å². The molecule has 0 unspecified atom stereocenters. The van der Waals surface area contributed by atoms with Gasteiger partial charge in [0.2, 0.25) is 0 Å². The molecule has 2 aliphatic rings. The first kappa shape index (κ1) is 21.1. The number of piperazine rings is 1. The number of anilines is 1. The van der Waals surface area contributed by atoms with Crippen LogP contribution in [0, 0.1) is 0 Å². The van der Waals surface area contributed by atoms with Crippen molar-refractivity contribution < 1.29 is 9.47 Å². The summed E-state index contributed by atoms with van der Waals surface area (Å²) in [5.74, 6) is 2.03. The number of benzene rings is 1. The molecule has 0 saturated carbocycles. The maximum absolute atomic E-state index is 6.05. The standard InChI is InChI=1S/C24H34N4O2/c1-18(2)30-23-7-5-4-6-21(23)22-16-27(11-10-25-22)15-20-8-9-24(26-14-20)28-12-13-29-17-19(28)3/h4-9,14,18-19,22,25H,10-13,15-17H2,1-3H3/t19-,22-/m0/s1. The highest BCUT2D eigenvalue weighted by molar-refractivity contribution is 5.41. The summed E-state index contributed by atoms with van der Waals surface area (Å²) in [6.07, 6.45) is 2.20. The molecule has 4 rings (SSSR count). The van der Waals surface area contributed by atoms with Gasteiger partial charge in [-0.15, -0.1) is 0 Å². The molecule has 0 aliphatic carbocycles. The molecule has 6 nitrogen and oxygen atoms in total. The van der Waals surface area contributed by atoms with Crippen molar-refractivity contribution in [3.63, 3.8) is 0 Å². The largest absolute Gasteiger partial charge is 0.491 e. The molecular formula is C24H34N4O2. The van der Waals surface area contributed by atoms with Gasteiger partial charge in [-0.2, -0.15) is 0 Å². The Bertz CT molecular complexity index is 811. The Balaban J connectivity index is 1.40. The normalized spacial score (nSPS) is 23.0. The molecule has 1 aromatic heterocycles. The topological polar surface area (TPSA) is 49.9 Å². The Morgan fingerprint density at radius 3 is 2.83 bits per heavy atom. The molecule has 2 saturated heterocycles. The molecule has 3 heterocycles. The number of pyridine rings is 1. The van der Waals surface area contributed by atoms with Gasteiger partial charge in [0.1, 0.15) is 11.6 Å². The van der Waals surface area contributed by atoms with Crippen molar-refractivity contribution in [2.75, 3.05) is 44.3 Å². The van der Waals surface area contributed by atoms with Crippen LogP contribution in [-0.4, -0.2) is 61.4 Å². The Labute approximate surface area is 180 Å². The van der Waals surface area contributed by atoms with Crippen LogP contribution < -0.4 is 15.0 Å². The second kappa shape index (κ2) is 9.77. The SMILES string of the molecule is CC(C)Oc1ccccc1[C@@H]1CN(Cc2ccc(N3CCOC[C@@H]3C)nc2)CCN1. The first-order valence-electron chi connectivity index (χ1n) is 11.1. The van der Waals surface area contributed by atoms with Gasteiger partial charge in [0.25, 0.3) is 0 Å². The van der Waals surface area contributed by atoms with E-state index in [1.54, 1.807) is 0 Å². The van der Waals surface area contributed by atoms with Gasteiger partial charge in [-0.3, -0.25) is 4.90 Å². The Kier molecular flexibility index (Phi) is 6.87. The molecule has 1 aromatic carbocycles. The van der Waals surface area contributed by atoms with Gasteiger partial charge >= 0.3 is 0 Å². The molecular weight excluding hydrogens is 376 g/mol. The third kappa shape index (κ3) is 5.12. The Morgan fingerprint density at radius 1 is 1.20 bits per heavy atom. The zero-order valence-corrected chi connectivity index (χ0v) is 18.4. The molecule has 30 heavy (non-hydrogen) atoms. The predicted molar refractivity (Wildman–Crippen MR) is 120 cm³/mol. The number of morpholine rings is 1. The summed E-state index contributed by atoms with van der Waals surface area (Å²) in [7, 11) is 0. The lowest BCUT2D eigenvalue weighted by Gasteiger charge is -2.35. The van der Waals surface area contributed by atoms with Crippen LogP contribution >= 0.6 is 0 Å². The summed E-state index contributed by atoms with van der Waals surface area (Å²) < 4.78 is 11.6. The van der Waals surface area contributed by atoms with E-state index in [1.807, 2.05) is 12.3 Å². The van der Waals surface area contributed by atoms with E-state index in [2.05, 4.69) is 66.2 Å². The minimum Gasteiger partial charge on any atom is -0.491 e. The summed E-state index contributed by atoms with van der Waals surface area (Å²) in [4.78, 5) is 9.58. The van der Waals surface area contributed by atoms with Gasteiger partial charge in [-0.1, -0.05) is 24.3 Å². The average Bonchev–Trinajstić information content (AvgIpc) is 2.75. The molecule has 6 heteroatoms. The van der Waals surface area contributed by atoms with E-state index in [0.717, 1.165) is 57.5 Å². The van der Waals surface area contributed by atoms with E-state index < -0.39 is 0 Å². The zero-order chi connectivity index (χ0) is 20.9. The first-order chi connectivity index (χ1) is 14.6. The van der Waals surface area contributed by atoms with Crippen LogP contribution in [0.4, 0.5) is 5.82 Å². The minimum absolute atomic E-state index is 0.171. The van der Waals surface area contributed by atoms with Crippen LogP contribution in [0.2, 0.25) is 0 Å². The second-order valence-electron chi connectivity index (χ2n) is 8.59. The molecule has 1 N–H and O–H groups in total. The molecule has 0 radical (unpaired) electrons. The highest BCUT2D eigenvalue weighted by Gasteiger charge is 2.24. The van der Waals surface area contributed by atoms with Crippen molar-refractivity contribution in [3.8, 4) is 5.75 Å². The average molecular weight is 411 g/mol. The van der Waals surface area contributed by atoms with Crippen LogP contribution in [0.3, 0.4) is 0 Å². The molecule has 0 amide bonds. The highest BCUT2D eigenvalue weighted by atomic mass is 16.5. The van der Waals surface area contributed by atoms with Crippen LogP contribution in [0.25, 0.3) is 0 Å². The lowest BCUT2D eigenvalue weighted by molar-refractivity contribution is 0.0985. The number of hydrogen-bond acceptors (Lipinski definition) is 6. The van der Waals surface area contributed by atoms with Crippen molar-refractivity contribution in [2.45, 2.75) is 45.5 Å². The van der Waals surface area contributed by atoms with E-state index in [9.17, 15) is 0 Å². The maximum atomic E-state index is 6.05. The molecule has 0 spiro atoms. The lowest BCUT2D eigenvalue weighted by atomic mass is 10.0. The molecule has 2 atom stereocenters. The van der Waals surface area contributed by atoms with Gasteiger partial charge in [-0.25, -0.2) is 4.98 Å². The number of para-hydroxylation sites is 1. The van der Waals surface area contributed by atoms with Gasteiger partial charge in [0.05, 0.1) is 25.4 Å². The van der Waals surface area contributed by atoms with Crippen molar-refractivity contribution in [3.05, 3.63) is 53.7 Å². The van der Waals surface area contributed by atoms with Crippen LogP contribution in [0.15, 0.2) is 42.6 Å². The zero-order valence-electron chi connectivity index (χ0n) is 18.4. The maximum Gasteiger partial charge on any atom is 0.128 e. The monoisotopic (exact) mass is 410 g/mol. The quantitative estimate of drug-likeness (QED) is 0.789. The van der Waals surface area contributed by atoms with Crippen LogP contribution in [0.5, 0.6) is 5.75 Å². The fourth-order valence-corrected chi connectivity index (χ4v) is 4.30. The first-order valence-corrected chi connectivity index (χ1v) is 11.1. The molecule has 0 bridgehead atoms. The van der Waals surface area contributed by atoms with E-state index in [4.69, 9.17) is 14.5 Å². The summed E-state index contributed by atoms with van der Waals surface area (Å²) >= 11 is 0. The van der Waals surface area contributed by atoms with Gasteiger partial charge in [-0.05, 0) is 38.5 Å². The van der Waals surface area contributed by atoms with Gasteiger partial charge in [0, 0.05) is 50.5 Å². The third-order valence-corrected chi connectivity index (χ3v) is 5.79. The fourth-order valence-electron chi connectivity index (χ4n) is 4.30. The molecule has 2 fully saturated rings. The summed E-state index contributed by atoms with van der Waals surface area (Å²) in [6, 6.07) is 13.4. The van der Waals surface area contributed by atoms with E-state index >= 15 is 0 Å². The van der Waals surface area contributed by atoms with E-state index in [1.165, 1.54) is 11.1 Å². The number of nitrogens with zero attached hydrogens (tertiary/aromatic N) is 3. The molecule has 2 aromatic rings. The second-order valence-corrected chi connectivity index (χ2v) is 8.59. The van der Waals surface area contributed by atoms with Crippen molar-refractivity contribution in [1.29, 1.82) is 0 Å². The number of aromatic nitrogens is 1. The van der Waals surface area contributed by atoms with Crippen molar-refractivity contribution in [2.24, 2.45) is 0 Å². The highest BCUT2D eigenvalue weighted by Crippen LogP contribution is 2.28. The molecule has 2 aliphatic heterocycles. The number of nitrogens with one attached hydrogen (secondary N) is 1. The predicted octanol–water partition coefficient (Wildman–Crippen LogP) is 3.24. The van der Waals surface area contributed by atoms with E-state index in [-0.39, 0.29) is 12.1 Å². The van der Waals surface area contributed by atoms with Crippen LogP contribution in [-0.2, 0) is 11.3 Å². The van der Waals surface area contributed by atoms with Gasteiger partial charge in [0.15, 0.2) is 0 Å². The Hall–Kier alpha value is -2.15. The van der Waals surface area contributed by atoms with Gasteiger partial charge < -0.3 is 19.7 Å². The lowest BCUT2D eigenvalue weighted by Crippen LogP contribution is -2.45. The minimum atomic E-state index is 0.171. The summed E-state index contributed by atoms with van der Waals surface area (Å²) in [5.41, 5.74) is 2.50. The summed E-state index contributed by atoms with van der Waals surface area (Å²) in [5, 5.41) is 3.67. The van der Waals surface area contributed by atoms with Crippen LogP contribution in [0.1, 0.15) is 37.9 Å². The third-order valence-electron chi connectivity index (χ3n) is 5.79. The smallest absolute Gasteiger partial charge is 0.128 e. The van der Waals surface area contributed by atoms with Crippen molar-refractivity contribution >= 4 is 5.82 Å². The Morgan fingerprint density at radius 2 is 2.07 bits per heavy atom. The number of rotatable bonds is 6. The fraction of sp³-hybridized carbons (Fsp3) is 0.542. The van der Waals surface area contributed by atoms with E-state index in [0.29, 0.717) is 6.04 Å².